The minimum Gasteiger partial charge on any atom is -0.507 e. The number of benzene rings is 2. The normalized spacial score (nSPS) is 20.2. The van der Waals surface area contributed by atoms with Gasteiger partial charge in [0.2, 0.25) is 0 Å². The Hall–Kier alpha value is -2.39. The molecule has 0 atom stereocenters. The molecule has 25 heavy (non-hydrogen) atoms. The number of fused-ring (bicyclic) bond motifs is 1. The van der Waals surface area contributed by atoms with Crippen LogP contribution < -0.4 is 0 Å². The first kappa shape index (κ1) is 16.1. The van der Waals surface area contributed by atoms with E-state index in [-0.39, 0.29) is 11.5 Å². The monoisotopic (exact) mass is 333 g/mol. The number of ketones is 1. The number of allylic oxidation sites excluding steroid dienone is 2. The summed E-state index contributed by atoms with van der Waals surface area (Å²) in [5.74, 6) is 0.589. The van der Waals surface area contributed by atoms with Gasteiger partial charge in [0, 0.05) is 18.5 Å². The number of carbonyl (C=O) groups is 1. The molecule has 1 N–H and O–H groups in total. The summed E-state index contributed by atoms with van der Waals surface area (Å²) in [5.41, 5.74) is 3.68. The zero-order chi connectivity index (χ0) is 17.2. The summed E-state index contributed by atoms with van der Waals surface area (Å²) in [5, 5.41) is 9.95. The number of rotatable bonds is 3. The van der Waals surface area contributed by atoms with E-state index < -0.39 is 0 Å². The van der Waals surface area contributed by atoms with Crippen molar-refractivity contribution in [2.75, 3.05) is 13.1 Å². The Morgan fingerprint density at radius 1 is 1.04 bits per heavy atom. The van der Waals surface area contributed by atoms with Gasteiger partial charge in [0.15, 0.2) is 5.78 Å². The maximum absolute atomic E-state index is 12.6. The first-order valence-corrected chi connectivity index (χ1v) is 9.03. The van der Waals surface area contributed by atoms with Gasteiger partial charge in [-0.25, -0.2) is 0 Å². The van der Waals surface area contributed by atoms with Crippen LogP contribution in [0.3, 0.4) is 0 Å². The molecule has 0 radical (unpaired) electrons. The van der Waals surface area contributed by atoms with Gasteiger partial charge >= 0.3 is 0 Å². The van der Waals surface area contributed by atoms with Crippen molar-refractivity contribution >= 4 is 5.78 Å². The van der Waals surface area contributed by atoms with Crippen LogP contribution in [0, 0.1) is 5.92 Å². The summed E-state index contributed by atoms with van der Waals surface area (Å²) in [4.78, 5) is 15.0. The Morgan fingerprint density at radius 3 is 2.52 bits per heavy atom. The van der Waals surface area contributed by atoms with Gasteiger partial charge in [0.25, 0.3) is 0 Å². The Labute approximate surface area is 148 Å². The molecular weight excluding hydrogens is 310 g/mol. The Kier molecular flexibility index (Phi) is 4.41. The molecule has 1 aliphatic heterocycles. The molecule has 0 saturated carbocycles. The molecule has 1 heterocycles. The Balaban J connectivity index is 1.38. The molecule has 3 nitrogen and oxygen atoms in total. The molecular formula is C22H23NO2. The lowest BCUT2D eigenvalue weighted by molar-refractivity contribution is 0.103. The van der Waals surface area contributed by atoms with Crippen molar-refractivity contribution in [3.05, 3.63) is 76.9 Å². The number of aromatic hydroxyl groups is 1. The summed E-state index contributed by atoms with van der Waals surface area (Å²) in [7, 11) is 0. The van der Waals surface area contributed by atoms with Crippen molar-refractivity contribution in [1.29, 1.82) is 0 Å². The summed E-state index contributed by atoms with van der Waals surface area (Å²) in [6, 6.07) is 15.9. The topological polar surface area (TPSA) is 40.5 Å². The zero-order valence-corrected chi connectivity index (χ0v) is 14.3. The lowest BCUT2D eigenvalue weighted by Gasteiger charge is -2.30. The highest BCUT2D eigenvalue weighted by atomic mass is 16.3. The number of hydrogen-bond donors (Lipinski definition) is 1. The number of likely N-dealkylation sites (tertiary alicyclic amines) is 1. The summed E-state index contributed by atoms with van der Waals surface area (Å²) in [6.45, 7) is 3.13. The fraction of sp³-hybridized carbons (Fsp3) is 0.318. The standard InChI is InChI=1S/C22H23NO2/c24-20-8-4-7-18-14-19(22(25)21(18)20)13-16-9-11-23(12-10-16)15-17-5-2-1-3-6-17/h1-8,13,16,24H,9-12,14-15H2/b19-13+. The molecule has 1 aliphatic carbocycles. The third kappa shape index (κ3) is 3.38. The highest BCUT2D eigenvalue weighted by Gasteiger charge is 2.29. The predicted octanol–water partition coefficient (Wildman–Crippen LogP) is 3.97. The van der Waals surface area contributed by atoms with E-state index in [9.17, 15) is 9.90 Å². The number of Topliss-reactive ketones (excluding diaryl/α,β-unsaturated/α-hetero) is 1. The van der Waals surface area contributed by atoms with Crippen LogP contribution in [0.2, 0.25) is 0 Å². The molecule has 0 spiro atoms. The van der Waals surface area contributed by atoms with E-state index in [1.807, 2.05) is 12.1 Å². The second kappa shape index (κ2) is 6.85. The molecule has 1 fully saturated rings. The van der Waals surface area contributed by atoms with Crippen molar-refractivity contribution in [2.24, 2.45) is 5.92 Å². The van der Waals surface area contributed by atoms with Crippen molar-refractivity contribution in [2.45, 2.75) is 25.8 Å². The van der Waals surface area contributed by atoms with Gasteiger partial charge in [-0.1, -0.05) is 48.5 Å². The average Bonchev–Trinajstić information content (AvgIpc) is 2.95. The molecule has 3 heteroatoms. The van der Waals surface area contributed by atoms with Crippen LogP contribution >= 0.6 is 0 Å². The van der Waals surface area contributed by atoms with Crippen LogP contribution in [0.1, 0.15) is 34.3 Å². The van der Waals surface area contributed by atoms with Crippen molar-refractivity contribution < 1.29 is 9.90 Å². The number of nitrogens with zero attached hydrogens (tertiary/aromatic N) is 1. The number of hydrogen-bond acceptors (Lipinski definition) is 3. The summed E-state index contributed by atoms with van der Waals surface area (Å²) >= 11 is 0. The molecule has 128 valence electrons. The second-order valence-corrected chi connectivity index (χ2v) is 7.11. The summed E-state index contributed by atoms with van der Waals surface area (Å²) in [6.07, 6.45) is 5.01. The van der Waals surface area contributed by atoms with Crippen LogP contribution in [-0.4, -0.2) is 28.9 Å². The first-order chi connectivity index (χ1) is 12.2. The molecule has 2 aromatic rings. The molecule has 1 saturated heterocycles. The third-order valence-electron chi connectivity index (χ3n) is 5.35. The Morgan fingerprint density at radius 2 is 1.80 bits per heavy atom. The van der Waals surface area contributed by atoms with Gasteiger partial charge in [-0.3, -0.25) is 9.69 Å². The molecule has 0 unspecified atom stereocenters. The minimum atomic E-state index is 0.0137. The van der Waals surface area contributed by atoms with E-state index in [4.69, 9.17) is 0 Å². The summed E-state index contributed by atoms with van der Waals surface area (Å²) < 4.78 is 0. The van der Waals surface area contributed by atoms with Gasteiger partial charge < -0.3 is 5.11 Å². The van der Waals surface area contributed by atoms with Crippen LogP contribution in [0.15, 0.2) is 60.2 Å². The lowest BCUT2D eigenvalue weighted by atomic mass is 9.93. The molecule has 0 bridgehead atoms. The SMILES string of the molecule is O=C1/C(=C/C2CCN(Cc3ccccc3)CC2)Cc2cccc(O)c21. The third-order valence-corrected chi connectivity index (χ3v) is 5.35. The fourth-order valence-corrected chi connectivity index (χ4v) is 3.98. The van der Waals surface area contributed by atoms with Crippen LogP contribution in [0.5, 0.6) is 5.75 Å². The molecule has 2 aromatic carbocycles. The Bertz CT molecular complexity index is 802. The van der Waals surface area contributed by atoms with Crippen LogP contribution in [0.4, 0.5) is 0 Å². The minimum absolute atomic E-state index is 0.0137. The van der Waals surface area contributed by atoms with Crippen molar-refractivity contribution in [3.63, 3.8) is 0 Å². The predicted molar refractivity (Wildman–Crippen MR) is 98.7 cm³/mol. The van der Waals surface area contributed by atoms with E-state index in [0.717, 1.165) is 43.6 Å². The molecule has 2 aliphatic rings. The van der Waals surface area contributed by atoms with E-state index >= 15 is 0 Å². The number of carbonyl (C=O) groups excluding carboxylic acids is 1. The van der Waals surface area contributed by atoms with Gasteiger partial charge in [0.05, 0.1) is 5.56 Å². The van der Waals surface area contributed by atoms with Gasteiger partial charge in [-0.2, -0.15) is 0 Å². The van der Waals surface area contributed by atoms with Gasteiger partial charge in [-0.15, -0.1) is 0 Å². The first-order valence-electron chi connectivity index (χ1n) is 9.03. The molecule has 0 amide bonds. The maximum Gasteiger partial charge on any atom is 0.193 e. The van der Waals surface area contributed by atoms with Crippen molar-refractivity contribution in [1.82, 2.24) is 4.90 Å². The van der Waals surface area contributed by atoms with E-state index in [1.165, 1.54) is 5.56 Å². The largest absolute Gasteiger partial charge is 0.507 e. The molecule has 4 rings (SSSR count). The van der Waals surface area contributed by atoms with Crippen LogP contribution in [-0.2, 0) is 13.0 Å². The highest BCUT2D eigenvalue weighted by molar-refractivity contribution is 6.14. The lowest BCUT2D eigenvalue weighted by Crippen LogP contribution is -2.32. The van der Waals surface area contributed by atoms with Gasteiger partial charge in [0.1, 0.15) is 5.75 Å². The van der Waals surface area contributed by atoms with E-state index in [2.05, 4.69) is 41.3 Å². The van der Waals surface area contributed by atoms with Gasteiger partial charge in [-0.05, 0) is 49.0 Å². The smallest absolute Gasteiger partial charge is 0.193 e. The molecule has 0 aromatic heterocycles. The van der Waals surface area contributed by atoms with E-state index in [1.54, 1.807) is 6.07 Å². The maximum atomic E-state index is 12.6. The number of phenols is 1. The number of phenolic OH excluding ortho intramolecular Hbond substituents is 1. The second-order valence-electron chi connectivity index (χ2n) is 7.11. The number of piperidine rings is 1. The fourth-order valence-electron chi connectivity index (χ4n) is 3.98. The van der Waals surface area contributed by atoms with Crippen molar-refractivity contribution in [3.8, 4) is 5.75 Å². The van der Waals surface area contributed by atoms with Crippen LogP contribution in [0.25, 0.3) is 0 Å². The quantitative estimate of drug-likeness (QED) is 0.864. The van der Waals surface area contributed by atoms with E-state index in [0.29, 0.717) is 17.9 Å². The highest BCUT2D eigenvalue weighted by Crippen LogP contribution is 2.34. The zero-order valence-electron chi connectivity index (χ0n) is 14.3. The average molecular weight is 333 g/mol.